The largest absolute Gasteiger partial charge is 0.494 e. The number of hydrogen-bond donors (Lipinski definition) is 0. The first-order chi connectivity index (χ1) is 17.8. The highest BCUT2D eigenvalue weighted by Crippen LogP contribution is 2.37. The van der Waals surface area contributed by atoms with E-state index < -0.39 is 0 Å². The minimum atomic E-state index is -0.358. The number of fused-ring (bicyclic) bond motifs is 6. The summed E-state index contributed by atoms with van der Waals surface area (Å²) >= 11 is 0. The van der Waals surface area contributed by atoms with Crippen molar-refractivity contribution < 1.29 is 9.31 Å². The summed E-state index contributed by atoms with van der Waals surface area (Å²) in [7, 11) is -0.358. The fourth-order valence-electron chi connectivity index (χ4n) is 5.58. The van der Waals surface area contributed by atoms with Gasteiger partial charge in [0.1, 0.15) is 0 Å². The molecule has 37 heavy (non-hydrogen) atoms. The topological polar surface area (TPSA) is 18.5 Å². The van der Waals surface area contributed by atoms with Crippen LogP contribution in [-0.2, 0) is 9.31 Å². The molecule has 0 N–H and O–H groups in total. The summed E-state index contributed by atoms with van der Waals surface area (Å²) in [5, 5.41) is 10.1. The van der Waals surface area contributed by atoms with Gasteiger partial charge < -0.3 is 9.31 Å². The van der Waals surface area contributed by atoms with Gasteiger partial charge in [-0.1, -0.05) is 91.0 Å². The van der Waals surface area contributed by atoms with Gasteiger partial charge in [0.05, 0.1) is 11.2 Å². The predicted octanol–water partition coefficient (Wildman–Crippen LogP) is 8.27. The van der Waals surface area contributed by atoms with E-state index in [1.165, 1.54) is 54.2 Å². The minimum Gasteiger partial charge on any atom is -0.399 e. The molecular formula is C34H29BO2. The zero-order valence-corrected chi connectivity index (χ0v) is 21.7. The molecule has 6 aromatic carbocycles. The van der Waals surface area contributed by atoms with Crippen molar-refractivity contribution in [2.24, 2.45) is 0 Å². The summed E-state index contributed by atoms with van der Waals surface area (Å²) in [5.74, 6) is 0. The molecule has 1 aliphatic heterocycles. The van der Waals surface area contributed by atoms with Crippen LogP contribution in [0.15, 0.2) is 103 Å². The van der Waals surface area contributed by atoms with Crippen molar-refractivity contribution in [1.29, 1.82) is 0 Å². The Morgan fingerprint density at radius 2 is 1.00 bits per heavy atom. The second-order valence-corrected chi connectivity index (χ2v) is 11.3. The van der Waals surface area contributed by atoms with Crippen molar-refractivity contribution in [3.05, 3.63) is 103 Å². The smallest absolute Gasteiger partial charge is 0.399 e. The average Bonchev–Trinajstić information content (AvgIpc) is 3.13. The van der Waals surface area contributed by atoms with Crippen LogP contribution in [0.2, 0.25) is 0 Å². The fraction of sp³-hybridized carbons (Fsp3) is 0.176. The lowest BCUT2D eigenvalue weighted by Crippen LogP contribution is -2.41. The van der Waals surface area contributed by atoms with Gasteiger partial charge in [-0.05, 0) is 99.5 Å². The van der Waals surface area contributed by atoms with Crippen LogP contribution in [0.3, 0.4) is 0 Å². The van der Waals surface area contributed by atoms with Gasteiger partial charge in [-0.2, -0.15) is 0 Å². The van der Waals surface area contributed by atoms with Crippen molar-refractivity contribution in [3.8, 4) is 11.1 Å². The lowest BCUT2D eigenvalue weighted by molar-refractivity contribution is 0.00578. The molecule has 180 valence electrons. The maximum Gasteiger partial charge on any atom is 0.494 e. The van der Waals surface area contributed by atoms with Crippen LogP contribution in [0.25, 0.3) is 54.2 Å². The van der Waals surface area contributed by atoms with Crippen molar-refractivity contribution in [3.63, 3.8) is 0 Å². The van der Waals surface area contributed by atoms with Crippen molar-refractivity contribution in [2.75, 3.05) is 0 Å². The van der Waals surface area contributed by atoms with Crippen molar-refractivity contribution >= 4 is 55.7 Å². The Hall–Kier alpha value is -3.66. The summed E-state index contributed by atoms with van der Waals surface area (Å²) < 4.78 is 12.6. The Kier molecular flexibility index (Phi) is 4.82. The highest BCUT2D eigenvalue weighted by molar-refractivity contribution is 6.62. The molecule has 1 fully saturated rings. The standard InChI is InChI=1S/C34H29BO2/c1-33(2)34(3,4)37-35(36-33)28-15-11-22-9-10-24(20-27(22)21-28)25-13-16-30-26(19-25)14-18-31-29-8-6-5-7-23(29)12-17-32(30)31/h5-21H,1-4H3. The number of benzene rings is 6. The second-order valence-electron chi connectivity index (χ2n) is 11.3. The first-order valence-corrected chi connectivity index (χ1v) is 13.0. The number of rotatable bonds is 2. The molecule has 1 heterocycles. The van der Waals surface area contributed by atoms with E-state index in [0.29, 0.717) is 0 Å². The third-order valence-corrected chi connectivity index (χ3v) is 8.47. The molecule has 7 rings (SSSR count). The van der Waals surface area contributed by atoms with E-state index in [1.54, 1.807) is 0 Å². The zero-order chi connectivity index (χ0) is 25.4. The predicted molar refractivity (Wildman–Crippen MR) is 158 cm³/mol. The Morgan fingerprint density at radius 1 is 0.459 bits per heavy atom. The summed E-state index contributed by atoms with van der Waals surface area (Å²) in [6.45, 7) is 8.38. The molecule has 0 radical (unpaired) electrons. The van der Waals surface area contributed by atoms with Crippen molar-refractivity contribution in [1.82, 2.24) is 0 Å². The van der Waals surface area contributed by atoms with Gasteiger partial charge in [-0.15, -0.1) is 0 Å². The first kappa shape index (κ1) is 22.5. The third-order valence-electron chi connectivity index (χ3n) is 8.47. The molecule has 0 aliphatic carbocycles. The molecule has 0 bridgehead atoms. The van der Waals surface area contributed by atoms with Gasteiger partial charge in [0.25, 0.3) is 0 Å². The summed E-state index contributed by atoms with van der Waals surface area (Å²) in [6, 6.07) is 37.6. The van der Waals surface area contributed by atoms with Gasteiger partial charge in [-0.25, -0.2) is 0 Å². The molecule has 0 unspecified atom stereocenters. The Labute approximate surface area is 218 Å². The van der Waals surface area contributed by atoms with Gasteiger partial charge in [0.15, 0.2) is 0 Å². The molecule has 2 nitrogen and oxygen atoms in total. The van der Waals surface area contributed by atoms with Gasteiger partial charge in [0, 0.05) is 0 Å². The summed E-state index contributed by atoms with van der Waals surface area (Å²) in [6.07, 6.45) is 0. The third kappa shape index (κ3) is 3.57. The molecule has 0 atom stereocenters. The molecule has 0 saturated carbocycles. The SMILES string of the molecule is CC1(C)OB(c2ccc3ccc(-c4ccc5c(ccc6c7ccccc7ccc56)c4)cc3c2)OC1(C)C. The van der Waals surface area contributed by atoms with Gasteiger partial charge in [-0.3, -0.25) is 0 Å². The van der Waals surface area contributed by atoms with E-state index in [9.17, 15) is 0 Å². The van der Waals surface area contributed by atoms with E-state index in [-0.39, 0.29) is 18.3 Å². The van der Waals surface area contributed by atoms with E-state index in [1.807, 2.05) is 0 Å². The van der Waals surface area contributed by atoms with Crippen LogP contribution in [0.1, 0.15) is 27.7 Å². The monoisotopic (exact) mass is 480 g/mol. The van der Waals surface area contributed by atoms with Crippen LogP contribution in [0.5, 0.6) is 0 Å². The molecule has 1 saturated heterocycles. The highest BCUT2D eigenvalue weighted by Gasteiger charge is 2.51. The van der Waals surface area contributed by atoms with E-state index in [0.717, 1.165) is 5.46 Å². The normalized spacial score (nSPS) is 16.8. The Bertz CT molecular complexity index is 1830. The quantitative estimate of drug-likeness (QED) is 0.183. The first-order valence-electron chi connectivity index (χ1n) is 13.0. The van der Waals surface area contributed by atoms with Crippen LogP contribution < -0.4 is 5.46 Å². The van der Waals surface area contributed by atoms with E-state index in [4.69, 9.17) is 9.31 Å². The van der Waals surface area contributed by atoms with Crippen LogP contribution in [-0.4, -0.2) is 18.3 Å². The average molecular weight is 480 g/mol. The summed E-state index contributed by atoms with van der Waals surface area (Å²) in [5.41, 5.74) is 2.78. The Morgan fingerprint density at radius 3 is 1.76 bits per heavy atom. The number of hydrogen-bond acceptors (Lipinski definition) is 2. The van der Waals surface area contributed by atoms with Crippen LogP contribution in [0.4, 0.5) is 0 Å². The molecule has 6 aromatic rings. The molecule has 0 spiro atoms. The lowest BCUT2D eigenvalue weighted by Gasteiger charge is -2.32. The molecule has 1 aliphatic rings. The second kappa shape index (κ2) is 7.92. The van der Waals surface area contributed by atoms with E-state index in [2.05, 4.69) is 131 Å². The molecule has 0 aromatic heterocycles. The maximum atomic E-state index is 6.30. The Balaban J connectivity index is 1.29. The fourth-order valence-corrected chi connectivity index (χ4v) is 5.58. The zero-order valence-electron chi connectivity index (χ0n) is 21.7. The maximum absolute atomic E-state index is 6.30. The summed E-state index contributed by atoms with van der Waals surface area (Å²) in [4.78, 5) is 0. The molecule has 0 amide bonds. The van der Waals surface area contributed by atoms with Gasteiger partial charge >= 0.3 is 7.12 Å². The minimum absolute atomic E-state index is 0.351. The van der Waals surface area contributed by atoms with E-state index >= 15 is 0 Å². The van der Waals surface area contributed by atoms with Crippen LogP contribution in [0, 0.1) is 0 Å². The van der Waals surface area contributed by atoms with Crippen molar-refractivity contribution in [2.45, 2.75) is 38.9 Å². The molecule has 3 heteroatoms. The van der Waals surface area contributed by atoms with Gasteiger partial charge in [0.2, 0.25) is 0 Å². The van der Waals surface area contributed by atoms with Crippen LogP contribution >= 0.6 is 0 Å². The highest BCUT2D eigenvalue weighted by atomic mass is 16.7. The molecular weight excluding hydrogens is 451 g/mol. The lowest BCUT2D eigenvalue weighted by atomic mass is 9.78.